The molecule has 0 aliphatic carbocycles. The van der Waals surface area contributed by atoms with Gasteiger partial charge < -0.3 is 15.4 Å². The number of carbonyl (C=O) groups excluding carboxylic acids is 3. The third kappa shape index (κ3) is 8.03. The first-order valence-electron chi connectivity index (χ1n) is 10.1. The van der Waals surface area contributed by atoms with Gasteiger partial charge in [-0.1, -0.05) is 64.2 Å². The molecule has 0 aliphatic rings. The first kappa shape index (κ1) is 25.4. The van der Waals surface area contributed by atoms with Crippen molar-refractivity contribution < 1.29 is 19.1 Å². The Balaban J connectivity index is 2.97. The summed E-state index contributed by atoms with van der Waals surface area (Å²) in [6.07, 6.45) is 0.471. The van der Waals surface area contributed by atoms with Crippen LogP contribution in [0.15, 0.2) is 30.3 Å². The van der Waals surface area contributed by atoms with Crippen molar-refractivity contribution in [2.45, 2.75) is 70.8 Å². The highest BCUT2D eigenvalue weighted by Gasteiger charge is 2.34. The van der Waals surface area contributed by atoms with Crippen molar-refractivity contribution in [1.82, 2.24) is 10.6 Å². The maximum atomic E-state index is 12.9. The van der Waals surface area contributed by atoms with Gasteiger partial charge in [0.2, 0.25) is 11.8 Å². The zero-order chi connectivity index (χ0) is 22.9. The smallest absolute Gasteiger partial charge is 0.329 e. The van der Waals surface area contributed by atoms with Crippen LogP contribution in [0, 0.1) is 11.5 Å². The molecular formula is C23H34N2O4Si. The zero-order valence-electron chi connectivity index (χ0n) is 19.1. The molecule has 7 heteroatoms. The Hall–Kier alpha value is -2.59. The maximum Gasteiger partial charge on any atom is 0.329 e. The van der Waals surface area contributed by atoms with E-state index < -0.39 is 32.0 Å². The third-order valence-corrected chi connectivity index (χ3v) is 9.91. The second kappa shape index (κ2) is 11.0. The third-order valence-electron chi connectivity index (χ3n) is 5.36. The van der Waals surface area contributed by atoms with Gasteiger partial charge in [-0.2, -0.15) is 0 Å². The lowest BCUT2D eigenvalue weighted by molar-refractivity contribution is -0.145. The zero-order valence-corrected chi connectivity index (χ0v) is 20.1. The van der Waals surface area contributed by atoms with E-state index in [1.165, 1.54) is 14.0 Å². The Labute approximate surface area is 181 Å². The fourth-order valence-electron chi connectivity index (χ4n) is 2.47. The topological polar surface area (TPSA) is 84.5 Å². The van der Waals surface area contributed by atoms with Crippen molar-refractivity contribution >= 4 is 25.9 Å². The van der Waals surface area contributed by atoms with E-state index in [4.69, 9.17) is 4.74 Å². The van der Waals surface area contributed by atoms with Gasteiger partial charge in [0, 0.05) is 19.8 Å². The number of hydrogen-bond acceptors (Lipinski definition) is 4. The average Bonchev–Trinajstić information content (AvgIpc) is 2.65. The van der Waals surface area contributed by atoms with Crippen molar-refractivity contribution in [2.24, 2.45) is 0 Å². The van der Waals surface area contributed by atoms with Gasteiger partial charge in [-0.05, 0) is 10.6 Å². The molecule has 0 fully saturated rings. The molecule has 1 aromatic rings. The van der Waals surface area contributed by atoms with E-state index >= 15 is 0 Å². The van der Waals surface area contributed by atoms with E-state index in [1.807, 2.05) is 30.3 Å². The molecule has 164 valence electrons. The SMILES string of the molecule is COC(=O)[C@@H](CC#C[Si](C)(C)C(C)(C)C)NC(=O)[C@@H](Cc1ccccc1)NC(C)=O. The normalized spacial score (nSPS) is 13.3. The molecule has 2 amide bonds. The number of hydrogen-bond donors (Lipinski definition) is 2. The van der Waals surface area contributed by atoms with Gasteiger partial charge >= 0.3 is 5.97 Å². The molecule has 0 aliphatic heterocycles. The lowest BCUT2D eigenvalue weighted by Gasteiger charge is -2.31. The second-order valence-corrected chi connectivity index (χ2v) is 13.9. The number of amides is 2. The number of methoxy groups -OCH3 is 1. The van der Waals surface area contributed by atoms with Gasteiger partial charge in [-0.15, -0.1) is 11.5 Å². The lowest BCUT2D eigenvalue weighted by Crippen LogP contribution is -2.52. The summed E-state index contributed by atoms with van der Waals surface area (Å²) < 4.78 is 4.84. The van der Waals surface area contributed by atoms with Gasteiger partial charge in [-0.3, -0.25) is 9.59 Å². The van der Waals surface area contributed by atoms with Gasteiger partial charge in [0.05, 0.1) is 7.11 Å². The molecule has 2 N–H and O–H groups in total. The summed E-state index contributed by atoms with van der Waals surface area (Å²) in [5.74, 6) is 1.76. The van der Waals surface area contributed by atoms with Crippen molar-refractivity contribution in [3.63, 3.8) is 0 Å². The quantitative estimate of drug-likeness (QED) is 0.396. The van der Waals surface area contributed by atoms with E-state index in [0.717, 1.165) is 5.56 Å². The highest BCUT2D eigenvalue weighted by Crippen LogP contribution is 2.35. The molecule has 30 heavy (non-hydrogen) atoms. The van der Waals surface area contributed by atoms with Crippen LogP contribution in [0.2, 0.25) is 18.1 Å². The number of benzene rings is 1. The van der Waals surface area contributed by atoms with Crippen LogP contribution in [0.5, 0.6) is 0 Å². The Bertz CT molecular complexity index is 804. The molecule has 0 unspecified atom stereocenters. The Morgan fingerprint density at radius 3 is 2.17 bits per heavy atom. The molecule has 0 heterocycles. The van der Waals surface area contributed by atoms with Crippen molar-refractivity contribution in [1.29, 1.82) is 0 Å². The number of rotatable bonds is 7. The van der Waals surface area contributed by atoms with Crippen LogP contribution in [0.1, 0.15) is 39.7 Å². The molecule has 1 aromatic carbocycles. The largest absolute Gasteiger partial charge is 0.467 e. The fourth-order valence-corrected chi connectivity index (χ4v) is 3.39. The highest BCUT2D eigenvalue weighted by atomic mass is 28.3. The van der Waals surface area contributed by atoms with Gasteiger partial charge in [-0.25, -0.2) is 4.79 Å². The van der Waals surface area contributed by atoms with E-state index in [2.05, 4.69) is 56.0 Å². The minimum atomic E-state index is -1.83. The van der Waals surface area contributed by atoms with E-state index in [-0.39, 0.29) is 17.4 Å². The maximum absolute atomic E-state index is 12.9. The standard InChI is InChI=1S/C23H34N2O4Si/c1-17(26)24-20(16-18-12-9-8-10-13-18)21(27)25-19(22(28)29-5)14-11-15-30(6,7)23(2,3)4/h8-10,12-13,19-20H,14,16H2,1-7H3,(H,24,26)(H,25,27)/t19-,20-/m1/s1. The molecule has 0 aromatic heterocycles. The van der Waals surface area contributed by atoms with Crippen LogP contribution in [-0.4, -0.2) is 45.1 Å². The molecule has 0 saturated heterocycles. The fraction of sp³-hybridized carbons (Fsp3) is 0.522. The summed E-state index contributed by atoms with van der Waals surface area (Å²) in [5, 5.41) is 5.46. The minimum Gasteiger partial charge on any atom is -0.467 e. The monoisotopic (exact) mass is 430 g/mol. The predicted octanol–water partition coefficient (Wildman–Crippen LogP) is 2.83. The van der Waals surface area contributed by atoms with Crippen LogP contribution in [0.3, 0.4) is 0 Å². The molecule has 0 radical (unpaired) electrons. The molecule has 6 nitrogen and oxygen atoms in total. The Morgan fingerprint density at radius 2 is 1.67 bits per heavy atom. The average molecular weight is 431 g/mol. The van der Waals surface area contributed by atoms with Crippen LogP contribution in [0.4, 0.5) is 0 Å². The number of nitrogens with one attached hydrogen (secondary N) is 2. The van der Waals surface area contributed by atoms with E-state index in [1.54, 1.807) is 0 Å². The molecule has 0 bridgehead atoms. The molecule has 2 atom stereocenters. The Morgan fingerprint density at radius 1 is 1.07 bits per heavy atom. The molecule has 0 spiro atoms. The summed E-state index contributed by atoms with van der Waals surface area (Å²) in [6.45, 7) is 12.2. The number of ether oxygens (including phenoxy) is 1. The van der Waals surface area contributed by atoms with Crippen LogP contribution in [-0.2, 0) is 25.5 Å². The summed E-state index contributed by atoms with van der Waals surface area (Å²) in [7, 11) is -0.558. The lowest BCUT2D eigenvalue weighted by atomic mass is 10.0. The summed E-state index contributed by atoms with van der Waals surface area (Å²) in [4.78, 5) is 36.7. The molecule has 1 rings (SSSR count). The van der Waals surface area contributed by atoms with Crippen LogP contribution >= 0.6 is 0 Å². The summed E-state index contributed by atoms with van der Waals surface area (Å²) in [5.41, 5.74) is 4.24. The van der Waals surface area contributed by atoms with E-state index in [0.29, 0.717) is 6.42 Å². The van der Waals surface area contributed by atoms with Gasteiger partial charge in [0.15, 0.2) is 0 Å². The number of esters is 1. The van der Waals surface area contributed by atoms with Crippen molar-refractivity contribution in [3.05, 3.63) is 35.9 Å². The van der Waals surface area contributed by atoms with Gasteiger partial charge in [0.1, 0.15) is 20.2 Å². The van der Waals surface area contributed by atoms with Gasteiger partial charge in [0.25, 0.3) is 0 Å². The highest BCUT2D eigenvalue weighted by molar-refractivity contribution is 6.87. The number of carbonyl (C=O) groups is 3. The van der Waals surface area contributed by atoms with Crippen molar-refractivity contribution in [2.75, 3.05) is 7.11 Å². The minimum absolute atomic E-state index is 0.0934. The van der Waals surface area contributed by atoms with Crippen LogP contribution < -0.4 is 10.6 Å². The first-order valence-corrected chi connectivity index (χ1v) is 13.1. The predicted molar refractivity (Wildman–Crippen MR) is 121 cm³/mol. The molecular weight excluding hydrogens is 396 g/mol. The van der Waals surface area contributed by atoms with Crippen molar-refractivity contribution in [3.8, 4) is 11.5 Å². The van der Waals surface area contributed by atoms with E-state index in [9.17, 15) is 14.4 Å². The van der Waals surface area contributed by atoms with Crippen LogP contribution in [0.25, 0.3) is 0 Å². The second-order valence-electron chi connectivity index (χ2n) is 8.91. The molecule has 0 saturated carbocycles. The summed E-state index contributed by atoms with van der Waals surface area (Å²) >= 11 is 0. The Kier molecular flexibility index (Phi) is 9.31. The first-order chi connectivity index (χ1) is 13.9. The summed E-state index contributed by atoms with van der Waals surface area (Å²) in [6, 6.07) is 7.68.